The molecule has 1 aromatic rings. The Morgan fingerprint density at radius 1 is 1.58 bits per heavy atom. The van der Waals surface area contributed by atoms with Crippen molar-refractivity contribution in [2.45, 2.75) is 13.3 Å². The lowest BCUT2D eigenvalue weighted by molar-refractivity contribution is 0.101. The molecule has 0 radical (unpaired) electrons. The van der Waals surface area contributed by atoms with E-state index in [4.69, 9.17) is 6.42 Å². The van der Waals surface area contributed by atoms with Gasteiger partial charge in [-0.05, 0) is 18.6 Å². The van der Waals surface area contributed by atoms with Crippen LogP contribution in [0.2, 0.25) is 0 Å². The van der Waals surface area contributed by atoms with Crippen LogP contribution >= 0.6 is 0 Å². The highest BCUT2D eigenvalue weighted by atomic mass is 16.1. The molecule has 0 amide bonds. The van der Waals surface area contributed by atoms with Crippen molar-refractivity contribution in [3.63, 3.8) is 0 Å². The highest BCUT2D eigenvalue weighted by molar-refractivity contribution is 5.94. The van der Waals surface area contributed by atoms with Crippen LogP contribution in [0, 0.1) is 12.3 Å². The Bertz CT molecular complexity index is 331. The normalized spacial score (nSPS) is 9.00. The molecule has 0 aromatic heterocycles. The molecule has 1 nitrogen and oxygen atoms in total. The fraction of sp³-hybridized carbons (Fsp3) is 0.182. The Balaban J connectivity index is 2.97. The fourth-order valence-corrected chi connectivity index (χ4v) is 1.02. The first-order chi connectivity index (χ1) is 5.74. The summed E-state index contributed by atoms with van der Waals surface area (Å²) in [6.07, 6.45) is 5.74. The largest absolute Gasteiger partial charge is 0.295 e. The van der Waals surface area contributed by atoms with Crippen molar-refractivity contribution < 1.29 is 4.79 Å². The van der Waals surface area contributed by atoms with E-state index < -0.39 is 0 Å². The molecular formula is C11H10O. The standard InChI is InChI=1S/C11H10O/c1-3-5-10-6-4-7-11(8-10)9(2)12/h1,4,6-8H,5H2,2H3. The van der Waals surface area contributed by atoms with Gasteiger partial charge in [0.05, 0.1) is 0 Å². The van der Waals surface area contributed by atoms with Gasteiger partial charge in [-0.3, -0.25) is 4.79 Å². The summed E-state index contributed by atoms with van der Waals surface area (Å²) in [7, 11) is 0. The molecule has 0 saturated carbocycles. The SMILES string of the molecule is C#CCc1cccc(C(C)=O)c1. The van der Waals surface area contributed by atoms with Crippen LogP contribution in [-0.2, 0) is 6.42 Å². The number of terminal acetylenes is 1. The molecule has 0 fully saturated rings. The molecule has 0 aliphatic heterocycles. The molecule has 1 heteroatoms. The van der Waals surface area contributed by atoms with Crippen LogP contribution in [0.3, 0.4) is 0 Å². The third kappa shape index (κ3) is 1.96. The quantitative estimate of drug-likeness (QED) is 0.475. The Morgan fingerprint density at radius 3 is 2.92 bits per heavy atom. The average molecular weight is 158 g/mol. The van der Waals surface area contributed by atoms with Gasteiger partial charge in [-0.25, -0.2) is 0 Å². The van der Waals surface area contributed by atoms with Crippen LogP contribution in [0.25, 0.3) is 0 Å². The zero-order valence-corrected chi connectivity index (χ0v) is 7.00. The van der Waals surface area contributed by atoms with E-state index in [9.17, 15) is 4.79 Å². The maximum absolute atomic E-state index is 11.0. The second-order valence-corrected chi connectivity index (χ2v) is 2.64. The van der Waals surface area contributed by atoms with Crippen molar-refractivity contribution in [3.8, 4) is 12.3 Å². The molecule has 0 heterocycles. The monoisotopic (exact) mass is 158 g/mol. The van der Waals surface area contributed by atoms with Crippen LogP contribution in [0.4, 0.5) is 0 Å². The van der Waals surface area contributed by atoms with Gasteiger partial charge in [0.2, 0.25) is 0 Å². The zero-order chi connectivity index (χ0) is 8.97. The van der Waals surface area contributed by atoms with Crippen molar-refractivity contribution in [3.05, 3.63) is 35.4 Å². The molecular weight excluding hydrogens is 148 g/mol. The van der Waals surface area contributed by atoms with Crippen molar-refractivity contribution in [1.82, 2.24) is 0 Å². The maximum Gasteiger partial charge on any atom is 0.159 e. The second-order valence-electron chi connectivity index (χ2n) is 2.64. The zero-order valence-electron chi connectivity index (χ0n) is 7.00. The fourth-order valence-electron chi connectivity index (χ4n) is 1.02. The lowest BCUT2D eigenvalue weighted by Gasteiger charge is -1.97. The topological polar surface area (TPSA) is 17.1 Å². The number of hydrogen-bond donors (Lipinski definition) is 0. The summed E-state index contributed by atoms with van der Waals surface area (Å²) in [5.74, 6) is 2.62. The van der Waals surface area contributed by atoms with Gasteiger partial charge in [0.1, 0.15) is 0 Å². The van der Waals surface area contributed by atoms with Gasteiger partial charge < -0.3 is 0 Å². The summed E-state index contributed by atoms with van der Waals surface area (Å²) in [6, 6.07) is 7.40. The minimum Gasteiger partial charge on any atom is -0.295 e. The summed E-state index contributed by atoms with van der Waals surface area (Å²) in [5.41, 5.74) is 1.74. The first kappa shape index (κ1) is 8.55. The predicted molar refractivity (Wildman–Crippen MR) is 49.0 cm³/mol. The molecule has 0 atom stereocenters. The molecule has 1 aromatic carbocycles. The number of ketones is 1. The summed E-state index contributed by atoms with van der Waals surface area (Å²) in [5, 5.41) is 0. The molecule has 0 unspecified atom stereocenters. The molecule has 0 aliphatic carbocycles. The minimum absolute atomic E-state index is 0.0777. The highest BCUT2D eigenvalue weighted by Crippen LogP contribution is 2.05. The maximum atomic E-state index is 11.0. The number of carbonyl (C=O) groups excluding carboxylic acids is 1. The molecule has 0 spiro atoms. The van der Waals surface area contributed by atoms with Crippen molar-refractivity contribution in [2.24, 2.45) is 0 Å². The highest BCUT2D eigenvalue weighted by Gasteiger charge is 1.98. The third-order valence-corrected chi connectivity index (χ3v) is 1.64. The van der Waals surface area contributed by atoms with Gasteiger partial charge in [-0.2, -0.15) is 0 Å². The van der Waals surface area contributed by atoms with Crippen LogP contribution in [0.1, 0.15) is 22.8 Å². The van der Waals surface area contributed by atoms with E-state index in [0.29, 0.717) is 6.42 Å². The number of rotatable bonds is 2. The van der Waals surface area contributed by atoms with Crippen LogP contribution < -0.4 is 0 Å². The van der Waals surface area contributed by atoms with E-state index in [1.807, 2.05) is 18.2 Å². The van der Waals surface area contributed by atoms with E-state index in [2.05, 4.69) is 5.92 Å². The van der Waals surface area contributed by atoms with E-state index in [1.54, 1.807) is 13.0 Å². The molecule has 12 heavy (non-hydrogen) atoms. The average Bonchev–Trinajstić information content (AvgIpc) is 2.05. The van der Waals surface area contributed by atoms with E-state index >= 15 is 0 Å². The summed E-state index contributed by atoms with van der Waals surface area (Å²) < 4.78 is 0. The molecule has 0 bridgehead atoms. The second kappa shape index (κ2) is 3.73. The summed E-state index contributed by atoms with van der Waals surface area (Å²) >= 11 is 0. The number of Topliss-reactive ketones (excluding diaryl/α,β-unsaturated/α-hetero) is 1. The van der Waals surface area contributed by atoms with Gasteiger partial charge in [-0.15, -0.1) is 12.3 Å². The lowest BCUT2D eigenvalue weighted by atomic mass is 10.1. The minimum atomic E-state index is 0.0777. The van der Waals surface area contributed by atoms with E-state index in [0.717, 1.165) is 11.1 Å². The number of carbonyl (C=O) groups is 1. The Hall–Kier alpha value is -1.55. The lowest BCUT2D eigenvalue weighted by Crippen LogP contribution is -1.92. The predicted octanol–water partition coefficient (Wildman–Crippen LogP) is 2.06. The summed E-state index contributed by atoms with van der Waals surface area (Å²) in [6.45, 7) is 1.55. The van der Waals surface area contributed by atoms with Gasteiger partial charge in [0.25, 0.3) is 0 Å². The smallest absolute Gasteiger partial charge is 0.159 e. The third-order valence-electron chi connectivity index (χ3n) is 1.64. The Morgan fingerprint density at radius 2 is 2.33 bits per heavy atom. The van der Waals surface area contributed by atoms with E-state index in [-0.39, 0.29) is 5.78 Å². The first-order valence-corrected chi connectivity index (χ1v) is 3.77. The van der Waals surface area contributed by atoms with Gasteiger partial charge in [0.15, 0.2) is 5.78 Å². The van der Waals surface area contributed by atoms with Gasteiger partial charge in [-0.1, -0.05) is 18.2 Å². The van der Waals surface area contributed by atoms with Crippen LogP contribution in [0.5, 0.6) is 0 Å². The Kier molecular flexibility index (Phi) is 2.66. The first-order valence-electron chi connectivity index (χ1n) is 3.77. The molecule has 0 aliphatic rings. The number of benzene rings is 1. The van der Waals surface area contributed by atoms with Gasteiger partial charge >= 0.3 is 0 Å². The van der Waals surface area contributed by atoms with Crippen molar-refractivity contribution in [2.75, 3.05) is 0 Å². The molecule has 1 rings (SSSR count). The van der Waals surface area contributed by atoms with Crippen LogP contribution in [-0.4, -0.2) is 5.78 Å². The Labute approximate surface area is 72.4 Å². The number of hydrogen-bond acceptors (Lipinski definition) is 1. The van der Waals surface area contributed by atoms with E-state index in [1.165, 1.54) is 0 Å². The molecule has 0 saturated heterocycles. The summed E-state index contributed by atoms with van der Waals surface area (Å²) in [4.78, 5) is 11.0. The van der Waals surface area contributed by atoms with Crippen molar-refractivity contribution >= 4 is 5.78 Å². The van der Waals surface area contributed by atoms with Crippen LogP contribution in [0.15, 0.2) is 24.3 Å². The molecule has 0 N–H and O–H groups in total. The van der Waals surface area contributed by atoms with Crippen molar-refractivity contribution in [1.29, 1.82) is 0 Å². The molecule has 60 valence electrons. The van der Waals surface area contributed by atoms with Gasteiger partial charge in [0, 0.05) is 12.0 Å².